The summed E-state index contributed by atoms with van der Waals surface area (Å²) >= 11 is 0. The predicted molar refractivity (Wildman–Crippen MR) is 54.7 cm³/mol. The Bertz CT molecular complexity index is 331. The van der Waals surface area contributed by atoms with Crippen molar-refractivity contribution < 1.29 is 4.79 Å². The minimum atomic E-state index is 0.0236. The van der Waals surface area contributed by atoms with Gasteiger partial charge in [0.05, 0.1) is 0 Å². The topological polar surface area (TPSA) is 20.3 Å². The third kappa shape index (κ3) is 1.89. The first-order valence-corrected chi connectivity index (χ1v) is 4.20. The van der Waals surface area contributed by atoms with Gasteiger partial charge in [0.25, 0.3) is 0 Å². The molecule has 0 saturated carbocycles. The third-order valence-corrected chi connectivity index (χ3v) is 2.22. The third-order valence-electron chi connectivity index (χ3n) is 2.22. The van der Waals surface area contributed by atoms with E-state index >= 15 is 0 Å². The maximum absolute atomic E-state index is 11.1. The SMILES string of the molecule is [CH2]c1c(C)cccc1N(C)C(C)=O. The van der Waals surface area contributed by atoms with E-state index in [1.165, 1.54) is 0 Å². The maximum Gasteiger partial charge on any atom is 0.223 e. The summed E-state index contributed by atoms with van der Waals surface area (Å²) in [5, 5.41) is 0. The number of amides is 1. The summed E-state index contributed by atoms with van der Waals surface area (Å²) in [6, 6.07) is 5.81. The van der Waals surface area contributed by atoms with Crippen molar-refractivity contribution in [3.8, 4) is 0 Å². The Morgan fingerprint density at radius 3 is 2.62 bits per heavy atom. The first-order valence-electron chi connectivity index (χ1n) is 4.20. The van der Waals surface area contributed by atoms with Crippen molar-refractivity contribution in [1.82, 2.24) is 0 Å². The van der Waals surface area contributed by atoms with Gasteiger partial charge in [0.15, 0.2) is 0 Å². The van der Waals surface area contributed by atoms with E-state index in [0.717, 1.165) is 16.8 Å². The normalized spacial score (nSPS) is 9.85. The molecule has 1 aromatic carbocycles. The standard InChI is InChI=1S/C11H14NO/c1-8-6-5-7-11(9(8)2)12(4)10(3)13/h5-7H,2H2,1,3-4H3. The van der Waals surface area contributed by atoms with Crippen molar-refractivity contribution in [3.05, 3.63) is 36.2 Å². The molecule has 0 spiro atoms. The summed E-state index contributed by atoms with van der Waals surface area (Å²) in [6.07, 6.45) is 0. The molecule has 13 heavy (non-hydrogen) atoms. The maximum atomic E-state index is 11.1. The van der Waals surface area contributed by atoms with Gasteiger partial charge in [0.1, 0.15) is 0 Å². The molecule has 2 heteroatoms. The molecule has 0 saturated heterocycles. The monoisotopic (exact) mass is 176 g/mol. The highest BCUT2D eigenvalue weighted by Crippen LogP contribution is 2.21. The molecule has 0 aliphatic heterocycles. The molecular formula is C11H14NO. The fraction of sp³-hybridized carbons (Fsp3) is 0.273. The molecule has 0 atom stereocenters. The molecule has 0 aliphatic rings. The lowest BCUT2D eigenvalue weighted by atomic mass is 10.1. The number of hydrogen-bond acceptors (Lipinski definition) is 1. The highest BCUT2D eigenvalue weighted by molar-refractivity contribution is 5.92. The minimum absolute atomic E-state index is 0.0236. The molecule has 1 rings (SSSR count). The van der Waals surface area contributed by atoms with Crippen LogP contribution in [0.2, 0.25) is 0 Å². The zero-order valence-electron chi connectivity index (χ0n) is 8.29. The lowest BCUT2D eigenvalue weighted by Crippen LogP contribution is -2.23. The van der Waals surface area contributed by atoms with Crippen LogP contribution < -0.4 is 4.90 Å². The average Bonchev–Trinajstić information content (AvgIpc) is 2.08. The number of aryl methyl sites for hydroxylation is 1. The van der Waals surface area contributed by atoms with Crippen molar-refractivity contribution in [2.45, 2.75) is 13.8 Å². The molecule has 1 amide bonds. The van der Waals surface area contributed by atoms with Gasteiger partial charge in [-0.3, -0.25) is 4.79 Å². The molecule has 1 radical (unpaired) electrons. The van der Waals surface area contributed by atoms with Crippen LogP contribution in [-0.2, 0) is 4.79 Å². The Hall–Kier alpha value is -1.31. The molecule has 69 valence electrons. The quantitative estimate of drug-likeness (QED) is 0.642. The van der Waals surface area contributed by atoms with Crippen LogP contribution in [0.4, 0.5) is 5.69 Å². The van der Waals surface area contributed by atoms with Crippen LogP contribution in [0.1, 0.15) is 18.1 Å². The fourth-order valence-corrected chi connectivity index (χ4v) is 1.17. The molecule has 0 aliphatic carbocycles. The van der Waals surface area contributed by atoms with Crippen molar-refractivity contribution in [1.29, 1.82) is 0 Å². The summed E-state index contributed by atoms with van der Waals surface area (Å²) < 4.78 is 0. The summed E-state index contributed by atoms with van der Waals surface area (Å²) in [4.78, 5) is 12.7. The van der Waals surface area contributed by atoms with E-state index in [0.29, 0.717) is 0 Å². The highest BCUT2D eigenvalue weighted by atomic mass is 16.2. The van der Waals surface area contributed by atoms with Crippen LogP contribution in [0.15, 0.2) is 18.2 Å². The Kier molecular flexibility index (Phi) is 2.71. The number of hydrogen-bond donors (Lipinski definition) is 0. The molecule has 1 aromatic rings. The zero-order valence-corrected chi connectivity index (χ0v) is 8.29. The van der Waals surface area contributed by atoms with Crippen LogP contribution in [0.5, 0.6) is 0 Å². The van der Waals surface area contributed by atoms with Crippen molar-refractivity contribution >= 4 is 11.6 Å². The van der Waals surface area contributed by atoms with Crippen LogP contribution in [-0.4, -0.2) is 13.0 Å². The average molecular weight is 176 g/mol. The Morgan fingerprint density at radius 2 is 2.08 bits per heavy atom. The lowest BCUT2D eigenvalue weighted by molar-refractivity contribution is -0.116. The molecule has 0 N–H and O–H groups in total. The van der Waals surface area contributed by atoms with Gasteiger partial charge in [0.2, 0.25) is 5.91 Å². The number of carbonyl (C=O) groups is 1. The van der Waals surface area contributed by atoms with Crippen molar-refractivity contribution in [2.24, 2.45) is 0 Å². The Labute approximate surface area is 79.2 Å². The smallest absolute Gasteiger partial charge is 0.223 e. The van der Waals surface area contributed by atoms with Crippen molar-refractivity contribution in [3.63, 3.8) is 0 Å². The molecule has 0 unspecified atom stereocenters. The second-order valence-electron chi connectivity index (χ2n) is 3.15. The van der Waals surface area contributed by atoms with E-state index in [9.17, 15) is 4.79 Å². The number of benzene rings is 1. The van der Waals surface area contributed by atoms with Crippen LogP contribution in [0, 0.1) is 13.8 Å². The molecule has 0 bridgehead atoms. The second-order valence-corrected chi connectivity index (χ2v) is 3.15. The number of carbonyl (C=O) groups excluding carboxylic acids is 1. The highest BCUT2D eigenvalue weighted by Gasteiger charge is 2.08. The van der Waals surface area contributed by atoms with Crippen molar-refractivity contribution in [2.75, 3.05) is 11.9 Å². The fourth-order valence-electron chi connectivity index (χ4n) is 1.17. The Balaban J connectivity index is 3.15. The largest absolute Gasteiger partial charge is 0.315 e. The lowest BCUT2D eigenvalue weighted by Gasteiger charge is -2.18. The van der Waals surface area contributed by atoms with Gasteiger partial charge in [0, 0.05) is 19.7 Å². The van der Waals surface area contributed by atoms with Crippen LogP contribution >= 0.6 is 0 Å². The summed E-state index contributed by atoms with van der Waals surface area (Å²) in [5.74, 6) is 0.0236. The van der Waals surface area contributed by atoms with Gasteiger partial charge in [-0.05, 0) is 31.0 Å². The van der Waals surface area contributed by atoms with Gasteiger partial charge >= 0.3 is 0 Å². The van der Waals surface area contributed by atoms with E-state index in [-0.39, 0.29) is 5.91 Å². The van der Waals surface area contributed by atoms with Gasteiger partial charge in [-0.1, -0.05) is 12.1 Å². The zero-order chi connectivity index (χ0) is 10.0. The Morgan fingerprint density at radius 1 is 1.46 bits per heavy atom. The van der Waals surface area contributed by atoms with Gasteiger partial charge < -0.3 is 4.90 Å². The van der Waals surface area contributed by atoms with Gasteiger partial charge in [-0.15, -0.1) is 0 Å². The van der Waals surface area contributed by atoms with Crippen LogP contribution in [0.3, 0.4) is 0 Å². The molecule has 0 heterocycles. The first-order chi connectivity index (χ1) is 6.04. The second kappa shape index (κ2) is 3.60. The number of anilines is 1. The number of nitrogens with zero attached hydrogens (tertiary/aromatic N) is 1. The van der Waals surface area contributed by atoms with Gasteiger partial charge in [-0.2, -0.15) is 0 Å². The van der Waals surface area contributed by atoms with E-state index < -0.39 is 0 Å². The van der Waals surface area contributed by atoms with Crippen LogP contribution in [0.25, 0.3) is 0 Å². The number of rotatable bonds is 1. The van der Waals surface area contributed by atoms with E-state index in [1.807, 2.05) is 25.1 Å². The van der Waals surface area contributed by atoms with E-state index in [1.54, 1.807) is 18.9 Å². The molecule has 0 fully saturated rings. The first kappa shape index (κ1) is 9.78. The van der Waals surface area contributed by atoms with Gasteiger partial charge in [-0.25, -0.2) is 0 Å². The predicted octanol–water partition coefficient (Wildman–Crippen LogP) is 2.16. The van der Waals surface area contributed by atoms with E-state index in [4.69, 9.17) is 0 Å². The summed E-state index contributed by atoms with van der Waals surface area (Å²) in [5.41, 5.74) is 2.90. The molecule has 0 aromatic heterocycles. The molecular weight excluding hydrogens is 162 g/mol. The summed E-state index contributed by atoms with van der Waals surface area (Å²) in [7, 11) is 1.76. The minimum Gasteiger partial charge on any atom is -0.315 e. The molecule has 2 nitrogen and oxygen atoms in total. The summed E-state index contributed by atoms with van der Waals surface area (Å²) in [6.45, 7) is 7.46. The van der Waals surface area contributed by atoms with E-state index in [2.05, 4.69) is 6.92 Å².